The number of fused-ring (bicyclic) bond motifs is 1. The molecule has 1 saturated heterocycles. The summed E-state index contributed by atoms with van der Waals surface area (Å²) in [5, 5.41) is 15.6. The fourth-order valence-corrected chi connectivity index (χ4v) is 4.48. The van der Waals surface area contributed by atoms with Crippen LogP contribution in [0.15, 0.2) is 36.0 Å². The smallest absolute Gasteiger partial charge is 0.274 e. The summed E-state index contributed by atoms with van der Waals surface area (Å²) in [5.74, 6) is 0.0000813. The van der Waals surface area contributed by atoms with Crippen LogP contribution in [0.25, 0.3) is 5.65 Å². The Labute approximate surface area is 162 Å². The number of aryl methyl sites for hydroxylation is 1. The molecule has 27 heavy (non-hydrogen) atoms. The minimum atomic E-state index is 0.0000813. The van der Waals surface area contributed by atoms with E-state index in [1.54, 1.807) is 28.1 Å². The number of carbonyl (C=O) groups is 1. The highest BCUT2D eigenvalue weighted by Crippen LogP contribution is 2.24. The summed E-state index contributed by atoms with van der Waals surface area (Å²) in [6.45, 7) is 0.866. The SMILES string of the molecule is O=C(c1cc2ncc(CCO)cn2n1)N1CCCCC1CCc1cccs1. The quantitative estimate of drug-likeness (QED) is 0.709. The van der Waals surface area contributed by atoms with E-state index in [-0.39, 0.29) is 18.6 Å². The Morgan fingerprint density at radius 3 is 3.07 bits per heavy atom. The van der Waals surface area contributed by atoms with E-state index in [9.17, 15) is 4.79 Å². The Balaban J connectivity index is 1.51. The second-order valence-electron chi connectivity index (χ2n) is 7.03. The number of nitrogens with zero attached hydrogens (tertiary/aromatic N) is 4. The molecule has 1 aliphatic rings. The van der Waals surface area contributed by atoms with Gasteiger partial charge in [-0.2, -0.15) is 5.10 Å². The van der Waals surface area contributed by atoms with E-state index in [1.165, 1.54) is 11.3 Å². The van der Waals surface area contributed by atoms with Crippen molar-refractivity contribution in [3.63, 3.8) is 0 Å². The van der Waals surface area contributed by atoms with Gasteiger partial charge >= 0.3 is 0 Å². The number of aliphatic hydroxyl groups excluding tert-OH is 1. The van der Waals surface area contributed by atoms with Crippen LogP contribution in [-0.4, -0.2) is 49.7 Å². The predicted octanol–water partition coefficient (Wildman–Crippen LogP) is 2.95. The lowest BCUT2D eigenvalue weighted by molar-refractivity contribution is 0.0595. The van der Waals surface area contributed by atoms with Gasteiger partial charge in [0, 0.05) is 42.5 Å². The summed E-state index contributed by atoms with van der Waals surface area (Å²) in [5.41, 5.74) is 2.01. The molecular weight excluding hydrogens is 360 g/mol. The van der Waals surface area contributed by atoms with Gasteiger partial charge in [0.15, 0.2) is 11.3 Å². The van der Waals surface area contributed by atoms with Gasteiger partial charge in [-0.15, -0.1) is 11.3 Å². The van der Waals surface area contributed by atoms with Gasteiger partial charge in [0.05, 0.1) is 0 Å². The van der Waals surface area contributed by atoms with Crippen LogP contribution in [0.2, 0.25) is 0 Å². The molecule has 0 aliphatic carbocycles. The molecule has 0 aromatic carbocycles. The number of likely N-dealkylation sites (tertiary alicyclic amines) is 1. The molecule has 0 bridgehead atoms. The van der Waals surface area contributed by atoms with E-state index in [4.69, 9.17) is 5.11 Å². The first-order chi connectivity index (χ1) is 13.2. The topological polar surface area (TPSA) is 70.7 Å². The minimum Gasteiger partial charge on any atom is -0.396 e. The summed E-state index contributed by atoms with van der Waals surface area (Å²) in [4.78, 5) is 20.9. The van der Waals surface area contributed by atoms with Gasteiger partial charge in [-0.3, -0.25) is 4.79 Å². The maximum atomic E-state index is 13.1. The number of amides is 1. The van der Waals surface area contributed by atoms with Gasteiger partial charge in [-0.05, 0) is 55.5 Å². The molecule has 1 atom stereocenters. The molecule has 1 aliphatic heterocycles. The molecule has 0 spiro atoms. The third-order valence-electron chi connectivity index (χ3n) is 5.18. The monoisotopic (exact) mass is 384 g/mol. The third kappa shape index (κ3) is 4.04. The van der Waals surface area contributed by atoms with Gasteiger partial charge in [0.2, 0.25) is 0 Å². The Morgan fingerprint density at radius 2 is 2.26 bits per heavy atom. The molecule has 4 rings (SSSR count). The molecular formula is C20H24N4O2S. The van der Waals surface area contributed by atoms with Crippen molar-refractivity contribution in [1.82, 2.24) is 19.5 Å². The van der Waals surface area contributed by atoms with E-state index < -0.39 is 0 Å². The Hall–Kier alpha value is -2.25. The van der Waals surface area contributed by atoms with Crippen molar-refractivity contribution in [2.45, 2.75) is 44.6 Å². The maximum Gasteiger partial charge on any atom is 0.274 e. The van der Waals surface area contributed by atoms with Crippen LogP contribution in [-0.2, 0) is 12.8 Å². The zero-order chi connectivity index (χ0) is 18.6. The number of rotatable bonds is 6. The van der Waals surface area contributed by atoms with Gasteiger partial charge in [-0.1, -0.05) is 6.07 Å². The predicted molar refractivity (Wildman–Crippen MR) is 105 cm³/mol. The zero-order valence-corrected chi connectivity index (χ0v) is 16.1. The van der Waals surface area contributed by atoms with Crippen LogP contribution in [0.4, 0.5) is 0 Å². The highest BCUT2D eigenvalue weighted by molar-refractivity contribution is 7.09. The molecule has 7 heteroatoms. The van der Waals surface area contributed by atoms with Crippen molar-refractivity contribution in [3.8, 4) is 0 Å². The fraction of sp³-hybridized carbons (Fsp3) is 0.450. The summed E-state index contributed by atoms with van der Waals surface area (Å²) < 4.78 is 1.64. The minimum absolute atomic E-state index is 0.0000813. The molecule has 3 aromatic heterocycles. The fourth-order valence-electron chi connectivity index (χ4n) is 3.76. The van der Waals surface area contributed by atoms with Gasteiger partial charge in [0.25, 0.3) is 5.91 Å². The largest absolute Gasteiger partial charge is 0.396 e. The van der Waals surface area contributed by atoms with E-state index in [1.807, 2.05) is 11.1 Å². The number of hydrogen-bond acceptors (Lipinski definition) is 5. The molecule has 0 radical (unpaired) electrons. The molecule has 1 unspecified atom stereocenters. The standard InChI is InChI=1S/C20H24N4O2S/c25-10-8-15-13-21-19-12-18(22-24(19)14-15)20(26)23-9-2-1-4-16(23)6-7-17-5-3-11-27-17/h3,5,11-14,16,25H,1-2,4,6-10H2. The number of aromatic nitrogens is 3. The molecule has 1 amide bonds. The van der Waals surface area contributed by atoms with Gasteiger partial charge in [-0.25, -0.2) is 9.50 Å². The molecule has 3 aromatic rings. The summed E-state index contributed by atoms with van der Waals surface area (Å²) in [6.07, 6.45) is 9.39. The first kappa shape index (κ1) is 18.1. The number of aliphatic hydroxyl groups is 1. The molecule has 6 nitrogen and oxygen atoms in total. The average molecular weight is 385 g/mol. The number of piperidine rings is 1. The van der Waals surface area contributed by atoms with E-state index in [0.29, 0.717) is 17.8 Å². The first-order valence-electron chi connectivity index (χ1n) is 9.53. The second kappa shape index (κ2) is 8.19. The lowest BCUT2D eigenvalue weighted by Crippen LogP contribution is -2.44. The average Bonchev–Trinajstić information content (AvgIpc) is 3.35. The number of carbonyl (C=O) groups excluding carboxylic acids is 1. The normalized spacial score (nSPS) is 17.5. The van der Waals surface area contributed by atoms with Crippen LogP contribution in [0.1, 0.15) is 46.6 Å². The zero-order valence-electron chi connectivity index (χ0n) is 15.3. The second-order valence-corrected chi connectivity index (χ2v) is 8.07. The lowest BCUT2D eigenvalue weighted by Gasteiger charge is -2.35. The van der Waals surface area contributed by atoms with Crippen molar-refractivity contribution in [2.24, 2.45) is 0 Å². The van der Waals surface area contributed by atoms with Gasteiger partial charge in [0.1, 0.15) is 0 Å². The third-order valence-corrected chi connectivity index (χ3v) is 6.11. The first-order valence-corrected chi connectivity index (χ1v) is 10.4. The Kier molecular flexibility index (Phi) is 5.50. The van der Waals surface area contributed by atoms with Crippen LogP contribution in [0, 0.1) is 0 Å². The molecule has 4 heterocycles. The van der Waals surface area contributed by atoms with Crippen LogP contribution >= 0.6 is 11.3 Å². The van der Waals surface area contributed by atoms with Crippen molar-refractivity contribution in [2.75, 3.05) is 13.2 Å². The summed E-state index contributed by atoms with van der Waals surface area (Å²) >= 11 is 1.78. The number of hydrogen-bond donors (Lipinski definition) is 1. The number of thiophene rings is 1. The van der Waals surface area contributed by atoms with Crippen molar-refractivity contribution in [3.05, 3.63) is 52.1 Å². The lowest BCUT2D eigenvalue weighted by atomic mass is 9.97. The molecule has 1 N–H and O–H groups in total. The van der Waals surface area contributed by atoms with Gasteiger partial charge < -0.3 is 10.0 Å². The van der Waals surface area contributed by atoms with E-state index in [0.717, 1.165) is 37.8 Å². The van der Waals surface area contributed by atoms with E-state index >= 15 is 0 Å². The van der Waals surface area contributed by atoms with Crippen molar-refractivity contribution in [1.29, 1.82) is 0 Å². The van der Waals surface area contributed by atoms with Crippen LogP contribution < -0.4 is 0 Å². The van der Waals surface area contributed by atoms with Crippen molar-refractivity contribution >= 4 is 22.9 Å². The highest BCUT2D eigenvalue weighted by atomic mass is 32.1. The Morgan fingerprint density at radius 1 is 1.33 bits per heavy atom. The van der Waals surface area contributed by atoms with Crippen LogP contribution in [0.3, 0.4) is 0 Å². The van der Waals surface area contributed by atoms with E-state index in [2.05, 4.69) is 27.6 Å². The molecule has 1 fully saturated rings. The maximum absolute atomic E-state index is 13.1. The molecule has 142 valence electrons. The molecule has 0 saturated carbocycles. The summed E-state index contributed by atoms with van der Waals surface area (Å²) in [7, 11) is 0. The van der Waals surface area contributed by atoms with Crippen molar-refractivity contribution < 1.29 is 9.90 Å². The highest BCUT2D eigenvalue weighted by Gasteiger charge is 2.29. The Bertz CT molecular complexity index is 906. The van der Waals surface area contributed by atoms with Crippen LogP contribution in [0.5, 0.6) is 0 Å². The summed E-state index contributed by atoms with van der Waals surface area (Å²) in [6, 6.07) is 6.28.